The van der Waals surface area contributed by atoms with E-state index in [9.17, 15) is 4.79 Å². The number of halogens is 1. The number of nitrogens with one attached hydrogen (secondary N) is 1. The summed E-state index contributed by atoms with van der Waals surface area (Å²) in [6.45, 7) is 6.05. The lowest BCUT2D eigenvalue weighted by atomic mass is 10.1. The predicted molar refractivity (Wildman–Crippen MR) is 111 cm³/mol. The molecule has 1 fully saturated rings. The van der Waals surface area contributed by atoms with Crippen LogP contribution in [0.15, 0.2) is 24.3 Å². The lowest BCUT2D eigenvalue weighted by molar-refractivity contribution is 0.201. The number of urea groups is 1. The van der Waals surface area contributed by atoms with Crippen LogP contribution < -0.4 is 10.2 Å². The maximum Gasteiger partial charge on any atom is 0.317 e. The summed E-state index contributed by atoms with van der Waals surface area (Å²) in [5, 5.41) is 4.68. The molecule has 0 atom stereocenters. The van der Waals surface area contributed by atoms with Crippen molar-refractivity contribution in [1.29, 1.82) is 0 Å². The Balaban J connectivity index is 1.54. The number of amides is 2. The Hall–Kier alpha value is -1.86. The van der Waals surface area contributed by atoms with Crippen LogP contribution in [0.3, 0.4) is 0 Å². The second-order valence-electron chi connectivity index (χ2n) is 6.71. The van der Waals surface area contributed by atoms with Gasteiger partial charge in [0.05, 0.1) is 0 Å². The zero-order chi connectivity index (χ0) is 19.1. The molecule has 1 aliphatic heterocycles. The molecule has 1 aromatic carbocycles. The minimum Gasteiger partial charge on any atom is -0.345 e. The van der Waals surface area contributed by atoms with Crippen molar-refractivity contribution in [3.8, 4) is 0 Å². The predicted octanol–water partition coefficient (Wildman–Crippen LogP) is 3.80. The van der Waals surface area contributed by atoms with Crippen molar-refractivity contribution in [1.82, 2.24) is 19.6 Å². The van der Waals surface area contributed by atoms with E-state index in [-0.39, 0.29) is 6.03 Å². The standard InChI is InChI=1S/C19H26ClN5OS/c1-2-3-9-21-18(26)24-10-4-11-25(13-12-24)19-22-17(23-27-19)14-15-5-7-16(20)8-6-15/h5-8H,2-4,9-14H2,1H3,(H,21,26). The Morgan fingerprint density at radius 1 is 1.22 bits per heavy atom. The average molecular weight is 408 g/mol. The largest absolute Gasteiger partial charge is 0.345 e. The quantitative estimate of drug-likeness (QED) is 0.740. The summed E-state index contributed by atoms with van der Waals surface area (Å²) in [5.74, 6) is 0.829. The Labute approximate surface area is 169 Å². The van der Waals surface area contributed by atoms with E-state index in [0.717, 1.165) is 67.0 Å². The number of anilines is 1. The van der Waals surface area contributed by atoms with Gasteiger partial charge in [0.25, 0.3) is 0 Å². The fraction of sp³-hybridized carbons (Fsp3) is 0.526. The third kappa shape index (κ3) is 5.81. The Kier molecular flexibility index (Phi) is 7.29. The topological polar surface area (TPSA) is 61.4 Å². The molecule has 0 saturated carbocycles. The van der Waals surface area contributed by atoms with Crippen LogP contribution in [0.2, 0.25) is 5.02 Å². The number of benzene rings is 1. The lowest BCUT2D eigenvalue weighted by Crippen LogP contribution is -2.42. The molecule has 0 spiro atoms. The second-order valence-corrected chi connectivity index (χ2v) is 7.88. The van der Waals surface area contributed by atoms with E-state index in [2.05, 4.69) is 21.5 Å². The van der Waals surface area contributed by atoms with Gasteiger partial charge < -0.3 is 15.1 Å². The van der Waals surface area contributed by atoms with Crippen molar-refractivity contribution in [2.75, 3.05) is 37.6 Å². The molecule has 146 valence electrons. The molecule has 0 bridgehead atoms. The molecule has 1 N–H and O–H groups in total. The lowest BCUT2D eigenvalue weighted by Gasteiger charge is -2.21. The monoisotopic (exact) mass is 407 g/mol. The number of hydrogen-bond acceptors (Lipinski definition) is 5. The molecule has 2 heterocycles. The number of unbranched alkanes of at least 4 members (excludes halogenated alkanes) is 1. The summed E-state index contributed by atoms with van der Waals surface area (Å²) >= 11 is 7.37. The Morgan fingerprint density at radius 2 is 2.04 bits per heavy atom. The van der Waals surface area contributed by atoms with Crippen LogP contribution in [0.5, 0.6) is 0 Å². The Morgan fingerprint density at radius 3 is 2.81 bits per heavy atom. The molecular formula is C19H26ClN5OS. The average Bonchev–Trinajstić information content (AvgIpc) is 2.98. The van der Waals surface area contributed by atoms with Crippen LogP contribution in [0.1, 0.15) is 37.6 Å². The van der Waals surface area contributed by atoms with Crippen molar-refractivity contribution < 1.29 is 4.79 Å². The summed E-state index contributed by atoms with van der Waals surface area (Å²) < 4.78 is 4.51. The molecule has 0 aliphatic carbocycles. The number of carbonyl (C=O) groups is 1. The number of aromatic nitrogens is 2. The van der Waals surface area contributed by atoms with Gasteiger partial charge in [0.1, 0.15) is 5.82 Å². The van der Waals surface area contributed by atoms with E-state index in [4.69, 9.17) is 16.6 Å². The first-order valence-corrected chi connectivity index (χ1v) is 10.7. The van der Waals surface area contributed by atoms with Gasteiger partial charge in [-0.1, -0.05) is 37.1 Å². The van der Waals surface area contributed by atoms with Crippen molar-refractivity contribution in [3.63, 3.8) is 0 Å². The molecule has 27 heavy (non-hydrogen) atoms. The molecular weight excluding hydrogens is 382 g/mol. The molecule has 2 aromatic rings. The van der Waals surface area contributed by atoms with Gasteiger partial charge >= 0.3 is 6.03 Å². The molecule has 2 amide bonds. The van der Waals surface area contributed by atoms with Gasteiger partial charge in [0, 0.05) is 55.7 Å². The molecule has 1 saturated heterocycles. The van der Waals surface area contributed by atoms with Crippen LogP contribution >= 0.6 is 23.1 Å². The molecule has 0 unspecified atom stereocenters. The third-order valence-electron chi connectivity index (χ3n) is 4.59. The maximum atomic E-state index is 12.3. The summed E-state index contributed by atoms with van der Waals surface area (Å²) in [5.41, 5.74) is 1.15. The van der Waals surface area contributed by atoms with Gasteiger partial charge in [-0.2, -0.15) is 4.37 Å². The molecule has 1 aromatic heterocycles. The van der Waals surface area contributed by atoms with Gasteiger partial charge in [-0.15, -0.1) is 0 Å². The van der Waals surface area contributed by atoms with Gasteiger partial charge in [0.2, 0.25) is 5.13 Å². The molecule has 0 radical (unpaired) electrons. The van der Waals surface area contributed by atoms with Crippen LogP contribution in [-0.2, 0) is 6.42 Å². The molecule has 1 aliphatic rings. The highest BCUT2D eigenvalue weighted by atomic mass is 35.5. The highest BCUT2D eigenvalue weighted by Crippen LogP contribution is 2.21. The van der Waals surface area contributed by atoms with Crippen LogP contribution in [0.25, 0.3) is 0 Å². The highest BCUT2D eigenvalue weighted by Gasteiger charge is 2.21. The number of carbonyl (C=O) groups excluding carboxylic acids is 1. The summed E-state index contributed by atoms with van der Waals surface area (Å²) in [4.78, 5) is 21.1. The van der Waals surface area contributed by atoms with Gasteiger partial charge in [-0.05, 0) is 30.5 Å². The smallest absolute Gasteiger partial charge is 0.317 e. The first-order valence-electron chi connectivity index (χ1n) is 9.50. The maximum absolute atomic E-state index is 12.3. The van der Waals surface area contributed by atoms with Crippen LogP contribution in [-0.4, -0.2) is 53.0 Å². The van der Waals surface area contributed by atoms with Crippen LogP contribution in [0, 0.1) is 0 Å². The SMILES string of the molecule is CCCCNC(=O)N1CCCN(c2nc(Cc3ccc(Cl)cc3)ns2)CC1. The zero-order valence-electron chi connectivity index (χ0n) is 15.7. The number of hydrogen-bond donors (Lipinski definition) is 1. The first kappa shape index (κ1) is 19.9. The molecule has 8 heteroatoms. The highest BCUT2D eigenvalue weighted by molar-refractivity contribution is 7.09. The van der Waals surface area contributed by atoms with E-state index < -0.39 is 0 Å². The molecule has 6 nitrogen and oxygen atoms in total. The number of nitrogens with zero attached hydrogens (tertiary/aromatic N) is 4. The van der Waals surface area contributed by atoms with E-state index in [1.807, 2.05) is 29.2 Å². The minimum absolute atomic E-state index is 0.0472. The minimum atomic E-state index is 0.0472. The van der Waals surface area contributed by atoms with Gasteiger partial charge in [0.15, 0.2) is 0 Å². The Bertz CT molecular complexity index is 736. The van der Waals surface area contributed by atoms with Crippen molar-refractivity contribution >= 4 is 34.3 Å². The fourth-order valence-corrected chi connectivity index (χ4v) is 3.89. The van der Waals surface area contributed by atoms with Crippen molar-refractivity contribution in [3.05, 3.63) is 40.7 Å². The van der Waals surface area contributed by atoms with E-state index >= 15 is 0 Å². The van der Waals surface area contributed by atoms with Crippen LogP contribution in [0.4, 0.5) is 9.93 Å². The number of rotatable bonds is 6. The fourth-order valence-electron chi connectivity index (χ4n) is 3.03. The third-order valence-corrected chi connectivity index (χ3v) is 5.66. The van der Waals surface area contributed by atoms with Crippen molar-refractivity contribution in [2.24, 2.45) is 0 Å². The molecule has 3 rings (SSSR count). The second kappa shape index (κ2) is 9.90. The van der Waals surface area contributed by atoms with Crippen molar-refractivity contribution in [2.45, 2.75) is 32.6 Å². The van der Waals surface area contributed by atoms with Gasteiger partial charge in [-0.3, -0.25) is 0 Å². The summed E-state index contributed by atoms with van der Waals surface area (Å²) in [6, 6.07) is 7.83. The van der Waals surface area contributed by atoms with E-state index in [1.54, 1.807) is 0 Å². The van der Waals surface area contributed by atoms with Gasteiger partial charge in [-0.25, -0.2) is 9.78 Å². The zero-order valence-corrected chi connectivity index (χ0v) is 17.2. The summed E-state index contributed by atoms with van der Waals surface area (Å²) in [7, 11) is 0. The van der Waals surface area contributed by atoms with E-state index in [0.29, 0.717) is 13.0 Å². The van der Waals surface area contributed by atoms with E-state index in [1.165, 1.54) is 11.5 Å². The normalized spacial score (nSPS) is 14.9. The summed E-state index contributed by atoms with van der Waals surface area (Å²) in [6.07, 6.45) is 3.75. The first-order chi connectivity index (χ1) is 13.2.